The Morgan fingerprint density at radius 2 is 1.31 bits per heavy atom. The maximum atomic E-state index is 4.00. The molecule has 1 aromatic rings. The molecule has 78 valence electrons. The lowest BCUT2D eigenvalue weighted by Crippen LogP contribution is -1.67. The van der Waals surface area contributed by atoms with Crippen molar-refractivity contribution in [2.24, 2.45) is 0 Å². The summed E-state index contributed by atoms with van der Waals surface area (Å²) < 4.78 is 2.07. The van der Waals surface area contributed by atoms with Crippen LogP contribution in [0.1, 0.15) is 14.9 Å². The third kappa shape index (κ3) is 6.11. The van der Waals surface area contributed by atoms with E-state index in [1.165, 1.54) is 0 Å². The zero-order valence-electron chi connectivity index (χ0n) is 5.94. The standard InChI is InChI=1S/C4H6N2S5.2CH4/c1-7-10-3-5-6-4(9-3)11-8-2;;/h1-2H3;2*1H4. The first-order valence-corrected chi connectivity index (χ1v) is 8.55. The molecular weight excluding hydrogens is 260 g/mol. The maximum absolute atomic E-state index is 4.00. The van der Waals surface area contributed by atoms with Gasteiger partial charge in [-0.3, -0.25) is 0 Å². The van der Waals surface area contributed by atoms with Gasteiger partial charge in [0.25, 0.3) is 0 Å². The second-order valence-electron chi connectivity index (χ2n) is 1.33. The van der Waals surface area contributed by atoms with Gasteiger partial charge >= 0.3 is 0 Å². The lowest BCUT2D eigenvalue weighted by molar-refractivity contribution is 0.959. The second kappa shape index (κ2) is 9.51. The van der Waals surface area contributed by atoms with Gasteiger partial charge in [0.2, 0.25) is 0 Å². The van der Waals surface area contributed by atoms with Crippen LogP contribution >= 0.6 is 54.5 Å². The molecule has 7 heteroatoms. The SMILES string of the molecule is C.C.CSSc1nnc(SSC)s1. The van der Waals surface area contributed by atoms with Gasteiger partial charge in [-0.2, -0.15) is 0 Å². The van der Waals surface area contributed by atoms with Crippen LogP contribution in [0.4, 0.5) is 0 Å². The largest absolute Gasteiger partial charge is 0.185 e. The summed E-state index contributed by atoms with van der Waals surface area (Å²) in [6.07, 6.45) is 4.07. The molecule has 0 saturated heterocycles. The molecule has 1 rings (SSSR count). The maximum Gasteiger partial charge on any atom is 0.185 e. The summed E-state index contributed by atoms with van der Waals surface area (Å²) in [5.41, 5.74) is 0. The van der Waals surface area contributed by atoms with Crippen molar-refractivity contribution in [1.82, 2.24) is 10.2 Å². The van der Waals surface area contributed by atoms with Crippen LogP contribution in [0.25, 0.3) is 0 Å². The Hall–Kier alpha value is 0.960. The number of aromatic nitrogens is 2. The molecule has 0 aliphatic heterocycles. The minimum atomic E-state index is 0. The van der Waals surface area contributed by atoms with E-state index in [0.29, 0.717) is 0 Å². The van der Waals surface area contributed by atoms with Crippen LogP contribution in [0.3, 0.4) is 0 Å². The molecular formula is C6H14N2S5. The predicted octanol–water partition coefficient (Wildman–Crippen LogP) is 4.55. The van der Waals surface area contributed by atoms with E-state index in [1.54, 1.807) is 54.5 Å². The van der Waals surface area contributed by atoms with Crippen LogP contribution < -0.4 is 0 Å². The zero-order valence-corrected chi connectivity index (χ0v) is 10.0. The molecule has 0 spiro atoms. The Balaban J connectivity index is 0. The molecule has 0 saturated carbocycles. The van der Waals surface area contributed by atoms with E-state index in [1.807, 2.05) is 12.5 Å². The van der Waals surface area contributed by atoms with Crippen molar-refractivity contribution < 1.29 is 0 Å². The van der Waals surface area contributed by atoms with Crippen molar-refractivity contribution in [3.8, 4) is 0 Å². The molecule has 0 radical (unpaired) electrons. The van der Waals surface area contributed by atoms with E-state index in [9.17, 15) is 0 Å². The number of hydrogen-bond donors (Lipinski definition) is 0. The first-order valence-electron chi connectivity index (χ1n) is 2.61. The van der Waals surface area contributed by atoms with E-state index >= 15 is 0 Å². The van der Waals surface area contributed by atoms with Gasteiger partial charge in [-0.25, -0.2) is 0 Å². The fraction of sp³-hybridized carbons (Fsp3) is 0.667. The lowest BCUT2D eigenvalue weighted by Gasteiger charge is -1.84. The quantitative estimate of drug-likeness (QED) is 0.747. The van der Waals surface area contributed by atoms with Crippen LogP contribution in [-0.4, -0.2) is 22.7 Å². The Morgan fingerprint density at radius 3 is 1.62 bits per heavy atom. The van der Waals surface area contributed by atoms with Crippen molar-refractivity contribution in [3.63, 3.8) is 0 Å². The summed E-state index contributed by atoms with van der Waals surface area (Å²) >= 11 is 1.64. The Labute approximate surface area is 100 Å². The molecule has 0 unspecified atom stereocenters. The molecule has 0 aliphatic rings. The van der Waals surface area contributed by atoms with Crippen LogP contribution in [-0.2, 0) is 0 Å². The smallest absolute Gasteiger partial charge is 0.130 e. The zero-order chi connectivity index (χ0) is 8.10. The minimum absolute atomic E-state index is 0. The van der Waals surface area contributed by atoms with Gasteiger partial charge in [0.1, 0.15) is 0 Å². The summed E-state index contributed by atoms with van der Waals surface area (Å²) in [5.74, 6) is 0. The summed E-state index contributed by atoms with van der Waals surface area (Å²) in [6, 6.07) is 0. The van der Waals surface area contributed by atoms with Crippen LogP contribution in [0.5, 0.6) is 0 Å². The molecule has 0 atom stereocenters. The molecule has 0 N–H and O–H groups in total. The summed E-state index contributed by atoms with van der Waals surface area (Å²) in [5, 5.41) is 8.00. The van der Waals surface area contributed by atoms with E-state index in [-0.39, 0.29) is 14.9 Å². The number of hydrogen-bond acceptors (Lipinski definition) is 7. The third-order valence-electron chi connectivity index (χ3n) is 0.697. The topological polar surface area (TPSA) is 25.8 Å². The molecule has 13 heavy (non-hydrogen) atoms. The molecule has 1 aromatic heterocycles. The molecule has 0 aliphatic carbocycles. The monoisotopic (exact) mass is 274 g/mol. The number of nitrogens with zero attached hydrogens (tertiary/aromatic N) is 2. The third-order valence-corrected chi connectivity index (χ3v) is 5.57. The van der Waals surface area contributed by atoms with Crippen LogP contribution in [0.2, 0.25) is 0 Å². The highest BCUT2D eigenvalue weighted by Gasteiger charge is 2.03. The first-order chi connectivity index (χ1) is 5.36. The Morgan fingerprint density at radius 1 is 0.923 bits per heavy atom. The predicted molar refractivity (Wildman–Crippen MR) is 72.1 cm³/mol. The van der Waals surface area contributed by atoms with Gasteiger partial charge in [-0.05, 0) is 34.1 Å². The van der Waals surface area contributed by atoms with Gasteiger partial charge in [0.05, 0.1) is 0 Å². The molecule has 0 aromatic carbocycles. The first kappa shape index (κ1) is 16.4. The highest BCUT2D eigenvalue weighted by atomic mass is 33.1. The molecule has 1 heterocycles. The lowest BCUT2D eigenvalue weighted by atomic mass is 11.6. The fourth-order valence-corrected chi connectivity index (χ4v) is 4.95. The van der Waals surface area contributed by atoms with Gasteiger partial charge in [-0.15, -0.1) is 10.2 Å². The average Bonchev–Trinajstić information content (AvgIpc) is 2.38. The Kier molecular flexibility index (Phi) is 12.0. The molecule has 0 fully saturated rings. The van der Waals surface area contributed by atoms with Crippen molar-refractivity contribution in [2.45, 2.75) is 23.5 Å². The van der Waals surface area contributed by atoms with Crippen molar-refractivity contribution >= 4 is 54.5 Å². The minimum Gasteiger partial charge on any atom is -0.130 e. The van der Waals surface area contributed by atoms with Crippen molar-refractivity contribution in [2.75, 3.05) is 12.5 Å². The fourth-order valence-electron chi connectivity index (χ4n) is 0.407. The van der Waals surface area contributed by atoms with Gasteiger partial charge in [0.15, 0.2) is 8.68 Å². The summed E-state index contributed by atoms with van der Waals surface area (Å²) in [6.45, 7) is 0. The van der Waals surface area contributed by atoms with Crippen molar-refractivity contribution in [1.29, 1.82) is 0 Å². The molecule has 0 bridgehead atoms. The highest BCUT2D eigenvalue weighted by molar-refractivity contribution is 8.77. The van der Waals surface area contributed by atoms with E-state index < -0.39 is 0 Å². The van der Waals surface area contributed by atoms with Gasteiger partial charge < -0.3 is 0 Å². The van der Waals surface area contributed by atoms with Crippen LogP contribution in [0.15, 0.2) is 8.68 Å². The van der Waals surface area contributed by atoms with Crippen LogP contribution in [0, 0.1) is 0 Å². The van der Waals surface area contributed by atoms with Crippen molar-refractivity contribution in [3.05, 3.63) is 0 Å². The second-order valence-corrected chi connectivity index (χ2v) is 7.60. The molecule has 2 nitrogen and oxygen atoms in total. The highest BCUT2D eigenvalue weighted by Crippen LogP contribution is 2.37. The summed E-state index contributed by atoms with van der Waals surface area (Å²) in [4.78, 5) is 0. The van der Waals surface area contributed by atoms with E-state index in [0.717, 1.165) is 8.68 Å². The van der Waals surface area contributed by atoms with Gasteiger partial charge in [0, 0.05) is 0 Å². The average molecular weight is 275 g/mol. The van der Waals surface area contributed by atoms with E-state index in [4.69, 9.17) is 0 Å². The van der Waals surface area contributed by atoms with Gasteiger partial charge in [-0.1, -0.05) is 47.8 Å². The normalized spacial score (nSPS) is 8.77. The summed E-state index contributed by atoms with van der Waals surface area (Å²) in [7, 11) is 6.71. The molecule has 0 amide bonds. The van der Waals surface area contributed by atoms with E-state index in [2.05, 4.69) is 10.2 Å². The Bertz CT molecular complexity index is 194. The number of rotatable bonds is 4.